The van der Waals surface area contributed by atoms with Gasteiger partial charge in [0.25, 0.3) is 5.91 Å². The third kappa shape index (κ3) is 3.44. The molecule has 1 saturated heterocycles. The Kier molecular flexibility index (Phi) is 4.78. The summed E-state index contributed by atoms with van der Waals surface area (Å²) < 4.78 is 0. The molecule has 2 fully saturated rings. The molecule has 3 aliphatic rings. The fraction of sp³-hybridized carbons (Fsp3) is 0.619. The number of carbonyl (C=O) groups is 2. The van der Waals surface area contributed by atoms with E-state index < -0.39 is 0 Å². The van der Waals surface area contributed by atoms with Crippen molar-refractivity contribution in [1.29, 1.82) is 0 Å². The zero-order chi connectivity index (χ0) is 17.2. The lowest BCUT2D eigenvalue weighted by atomic mass is 9.88. The van der Waals surface area contributed by atoms with Crippen molar-refractivity contribution in [2.24, 2.45) is 5.92 Å². The van der Waals surface area contributed by atoms with Crippen molar-refractivity contribution in [1.82, 2.24) is 9.80 Å². The van der Waals surface area contributed by atoms with Gasteiger partial charge >= 0.3 is 0 Å². The molecule has 0 bridgehead atoms. The monoisotopic (exact) mass is 340 g/mol. The Balaban J connectivity index is 1.35. The fourth-order valence-corrected chi connectivity index (χ4v) is 4.63. The maximum atomic E-state index is 12.8. The zero-order valence-corrected chi connectivity index (χ0v) is 15.0. The van der Waals surface area contributed by atoms with E-state index in [0.29, 0.717) is 32.1 Å². The van der Waals surface area contributed by atoms with Crippen LogP contribution in [0.15, 0.2) is 18.2 Å². The molecule has 1 aromatic rings. The summed E-state index contributed by atoms with van der Waals surface area (Å²) in [5.41, 5.74) is 3.56. The van der Waals surface area contributed by atoms with E-state index in [9.17, 15) is 9.59 Å². The van der Waals surface area contributed by atoms with Gasteiger partial charge in [0.2, 0.25) is 5.91 Å². The van der Waals surface area contributed by atoms with Crippen LogP contribution in [0.4, 0.5) is 0 Å². The molecule has 0 unspecified atom stereocenters. The van der Waals surface area contributed by atoms with Gasteiger partial charge in [-0.3, -0.25) is 9.59 Å². The number of fused-ring (bicyclic) bond motifs is 1. The van der Waals surface area contributed by atoms with Crippen molar-refractivity contribution in [2.45, 2.75) is 51.4 Å². The first-order chi connectivity index (χ1) is 12.2. The van der Waals surface area contributed by atoms with Crippen LogP contribution in [-0.4, -0.2) is 47.8 Å². The lowest BCUT2D eigenvalue weighted by molar-refractivity contribution is -0.138. The van der Waals surface area contributed by atoms with Gasteiger partial charge in [0, 0.05) is 37.7 Å². The average Bonchev–Trinajstić information content (AvgIpc) is 3.15. The highest BCUT2D eigenvalue weighted by Crippen LogP contribution is 2.26. The quantitative estimate of drug-likeness (QED) is 0.830. The third-order valence-corrected chi connectivity index (χ3v) is 6.18. The van der Waals surface area contributed by atoms with Gasteiger partial charge < -0.3 is 9.80 Å². The lowest BCUT2D eigenvalue weighted by Gasteiger charge is -2.37. The van der Waals surface area contributed by atoms with Crippen LogP contribution < -0.4 is 0 Å². The van der Waals surface area contributed by atoms with Crippen LogP contribution in [0.25, 0.3) is 0 Å². The summed E-state index contributed by atoms with van der Waals surface area (Å²) in [4.78, 5) is 29.4. The summed E-state index contributed by atoms with van der Waals surface area (Å²) in [6.07, 6.45) is 9.19. The molecule has 1 aliphatic heterocycles. The molecule has 4 heteroatoms. The molecule has 0 N–H and O–H groups in total. The fourth-order valence-electron chi connectivity index (χ4n) is 4.63. The predicted octanol–water partition coefficient (Wildman–Crippen LogP) is 3.04. The van der Waals surface area contributed by atoms with E-state index in [1.54, 1.807) is 0 Å². The minimum Gasteiger partial charge on any atom is -0.339 e. The van der Waals surface area contributed by atoms with E-state index in [2.05, 4.69) is 12.1 Å². The molecule has 1 saturated carbocycles. The number of piperazine rings is 1. The molecule has 0 aromatic heterocycles. The van der Waals surface area contributed by atoms with Crippen molar-refractivity contribution >= 4 is 11.8 Å². The summed E-state index contributed by atoms with van der Waals surface area (Å²) in [6, 6.07) is 6.19. The molecular formula is C21H28N2O2. The standard InChI is InChI=1S/C21H28N2O2/c24-20(17-5-2-1-3-6-17)22-11-13-23(14-12-22)21(25)19-10-9-16-7-4-8-18(16)15-19/h9-10,15,17H,1-8,11-14H2. The molecule has 4 rings (SSSR count). The minimum atomic E-state index is 0.125. The first kappa shape index (κ1) is 16.6. The zero-order valence-electron chi connectivity index (χ0n) is 15.0. The smallest absolute Gasteiger partial charge is 0.253 e. The van der Waals surface area contributed by atoms with E-state index in [1.165, 1.54) is 36.8 Å². The maximum absolute atomic E-state index is 12.8. The summed E-state index contributed by atoms with van der Waals surface area (Å²) in [7, 11) is 0. The maximum Gasteiger partial charge on any atom is 0.253 e. The number of hydrogen-bond acceptors (Lipinski definition) is 2. The van der Waals surface area contributed by atoms with Gasteiger partial charge in [-0.1, -0.05) is 25.3 Å². The van der Waals surface area contributed by atoms with Crippen LogP contribution >= 0.6 is 0 Å². The van der Waals surface area contributed by atoms with Gasteiger partial charge in [-0.05, 0) is 55.4 Å². The average molecular weight is 340 g/mol. The van der Waals surface area contributed by atoms with E-state index in [1.807, 2.05) is 15.9 Å². The van der Waals surface area contributed by atoms with Gasteiger partial charge in [0.05, 0.1) is 0 Å². The number of carbonyl (C=O) groups excluding carboxylic acids is 2. The van der Waals surface area contributed by atoms with E-state index >= 15 is 0 Å². The van der Waals surface area contributed by atoms with Crippen molar-refractivity contribution < 1.29 is 9.59 Å². The van der Waals surface area contributed by atoms with E-state index in [4.69, 9.17) is 0 Å². The molecule has 2 amide bonds. The van der Waals surface area contributed by atoms with Crippen LogP contribution in [0.2, 0.25) is 0 Å². The van der Waals surface area contributed by atoms with Crippen molar-refractivity contribution in [3.63, 3.8) is 0 Å². The second-order valence-electron chi connectivity index (χ2n) is 7.79. The number of aryl methyl sites for hydroxylation is 2. The molecule has 0 spiro atoms. The Morgan fingerprint density at radius 1 is 0.800 bits per heavy atom. The summed E-state index contributed by atoms with van der Waals surface area (Å²) in [6.45, 7) is 2.70. The first-order valence-corrected chi connectivity index (χ1v) is 9.92. The lowest BCUT2D eigenvalue weighted by Crippen LogP contribution is -2.52. The Morgan fingerprint density at radius 3 is 2.24 bits per heavy atom. The molecule has 4 nitrogen and oxygen atoms in total. The van der Waals surface area contributed by atoms with E-state index in [0.717, 1.165) is 31.2 Å². The van der Waals surface area contributed by atoms with Crippen LogP contribution in [-0.2, 0) is 17.6 Å². The summed E-state index contributed by atoms with van der Waals surface area (Å²) in [5.74, 6) is 0.677. The highest BCUT2D eigenvalue weighted by atomic mass is 16.2. The largest absolute Gasteiger partial charge is 0.339 e. The van der Waals surface area contributed by atoms with Crippen molar-refractivity contribution in [2.75, 3.05) is 26.2 Å². The molecule has 2 aliphatic carbocycles. The molecule has 25 heavy (non-hydrogen) atoms. The summed E-state index contributed by atoms with van der Waals surface area (Å²) >= 11 is 0. The SMILES string of the molecule is O=C(c1ccc2c(c1)CCC2)N1CCN(C(=O)C2CCCCC2)CC1. The second kappa shape index (κ2) is 7.19. The van der Waals surface area contributed by atoms with Gasteiger partial charge in [-0.2, -0.15) is 0 Å². The van der Waals surface area contributed by atoms with Crippen LogP contribution in [0, 0.1) is 5.92 Å². The second-order valence-corrected chi connectivity index (χ2v) is 7.79. The highest BCUT2D eigenvalue weighted by Gasteiger charge is 2.30. The van der Waals surface area contributed by atoms with Gasteiger partial charge in [0.1, 0.15) is 0 Å². The van der Waals surface area contributed by atoms with Crippen LogP contribution in [0.1, 0.15) is 60.0 Å². The minimum absolute atomic E-state index is 0.125. The molecule has 1 heterocycles. The Hall–Kier alpha value is -1.84. The van der Waals surface area contributed by atoms with Gasteiger partial charge in [0.15, 0.2) is 0 Å². The molecule has 1 aromatic carbocycles. The summed E-state index contributed by atoms with van der Waals surface area (Å²) in [5, 5.41) is 0. The highest BCUT2D eigenvalue weighted by molar-refractivity contribution is 5.94. The predicted molar refractivity (Wildman–Crippen MR) is 97.5 cm³/mol. The first-order valence-electron chi connectivity index (χ1n) is 9.92. The normalized spacial score (nSPS) is 21.3. The number of benzene rings is 1. The van der Waals surface area contributed by atoms with E-state index in [-0.39, 0.29) is 11.8 Å². The Labute approximate surface area is 150 Å². The van der Waals surface area contributed by atoms with Gasteiger partial charge in [-0.15, -0.1) is 0 Å². The van der Waals surface area contributed by atoms with Crippen LogP contribution in [0.5, 0.6) is 0 Å². The van der Waals surface area contributed by atoms with Crippen LogP contribution in [0.3, 0.4) is 0 Å². The number of hydrogen-bond donors (Lipinski definition) is 0. The Morgan fingerprint density at radius 2 is 1.48 bits per heavy atom. The number of nitrogens with zero attached hydrogens (tertiary/aromatic N) is 2. The van der Waals surface area contributed by atoms with Gasteiger partial charge in [-0.25, -0.2) is 0 Å². The molecule has 134 valence electrons. The number of amides is 2. The number of rotatable bonds is 2. The topological polar surface area (TPSA) is 40.6 Å². The van der Waals surface area contributed by atoms with Crippen molar-refractivity contribution in [3.05, 3.63) is 34.9 Å². The Bertz CT molecular complexity index is 656. The molecule has 0 radical (unpaired) electrons. The third-order valence-electron chi connectivity index (χ3n) is 6.18. The van der Waals surface area contributed by atoms with Crippen molar-refractivity contribution in [3.8, 4) is 0 Å². The molecule has 0 atom stereocenters. The molecular weight excluding hydrogens is 312 g/mol.